The fourth-order valence-corrected chi connectivity index (χ4v) is 1.30. The van der Waals surface area contributed by atoms with Crippen molar-refractivity contribution in [3.8, 4) is 5.69 Å². The van der Waals surface area contributed by atoms with Gasteiger partial charge < -0.3 is 5.32 Å². The molecule has 0 saturated heterocycles. The summed E-state index contributed by atoms with van der Waals surface area (Å²) in [5, 5.41) is 5.99. The molecule has 0 saturated carbocycles. The number of nitrogens with one attached hydrogen (secondary N) is 1. The van der Waals surface area contributed by atoms with Gasteiger partial charge in [0.25, 0.3) is 5.91 Å². The second-order valence-electron chi connectivity index (χ2n) is 3.15. The minimum absolute atomic E-state index is 0.253. The van der Waals surface area contributed by atoms with Gasteiger partial charge in [-0.1, -0.05) is 12.1 Å². The molecule has 7 heteroatoms. The third kappa shape index (κ3) is 2.44. The van der Waals surface area contributed by atoms with Crippen LogP contribution in [-0.4, -0.2) is 27.1 Å². The van der Waals surface area contributed by atoms with E-state index in [2.05, 4.69) is 15.4 Å². The Bertz CT molecular complexity index is 513. The van der Waals surface area contributed by atoms with Crippen LogP contribution in [0.3, 0.4) is 0 Å². The first kappa shape index (κ1) is 11.2. The summed E-state index contributed by atoms with van der Waals surface area (Å²) in [4.78, 5) is 14.7. The zero-order valence-electron chi connectivity index (χ0n) is 8.55. The maximum atomic E-state index is 12.1. The third-order valence-electron chi connectivity index (χ3n) is 2.03. The molecule has 0 radical (unpaired) electrons. The number of alkyl halides is 2. The molecule has 0 aliphatic rings. The Morgan fingerprint density at radius 1 is 1.35 bits per heavy atom. The van der Waals surface area contributed by atoms with E-state index in [0.29, 0.717) is 5.69 Å². The summed E-state index contributed by atoms with van der Waals surface area (Å²) in [6.45, 7) is 0. The standard InChI is InChI=1S/C10H8F2N4O/c11-9(12)10(17)15-7-3-1-2-4-8(7)16-6-13-5-14-16/h1-6,9H,(H,15,17). The van der Waals surface area contributed by atoms with Gasteiger partial charge in [0, 0.05) is 0 Å². The number of hydrogen-bond donors (Lipinski definition) is 1. The highest BCUT2D eigenvalue weighted by Gasteiger charge is 2.16. The summed E-state index contributed by atoms with van der Waals surface area (Å²) in [5.74, 6) is -1.35. The van der Waals surface area contributed by atoms with Gasteiger partial charge in [-0.15, -0.1) is 0 Å². The van der Waals surface area contributed by atoms with E-state index in [1.54, 1.807) is 18.2 Å². The molecular formula is C10H8F2N4O. The average molecular weight is 238 g/mol. The molecule has 0 bridgehead atoms. The maximum Gasteiger partial charge on any atom is 0.315 e. The molecular weight excluding hydrogens is 230 g/mol. The first-order valence-corrected chi connectivity index (χ1v) is 4.71. The first-order chi connectivity index (χ1) is 8.18. The fourth-order valence-electron chi connectivity index (χ4n) is 1.30. The Labute approximate surface area is 95.1 Å². The smallest absolute Gasteiger partial charge is 0.315 e. The zero-order valence-corrected chi connectivity index (χ0v) is 8.55. The molecule has 0 fully saturated rings. The average Bonchev–Trinajstić information content (AvgIpc) is 2.83. The number of carbonyl (C=O) groups is 1. The number of aromatic nitrogens is 3. The molecule has 2 rings (SSSR count). The van der Waals surface area contributed by atoms with E-state index in [-0.39, 0.29) is 5.69 Å². The number of hydrogen-bond acceptors (Lipinski definition) is 3. The maximum absolute atomic E-state index is 12.1. The Morgan fingerprint density at radius 2 is 2.12 bits per heavy atom. The molecule has 0 spiro atoms. The van der Waals surface area contributed by atoms with E-state index in [0.717, 1.165) is 0 Å². The molecule has 1 amide bonds. The minimum Gasteiger partial charge on any atom is -0.319 e. The highest BCUT2D eigenvalue weighted by atomic mass is 19.3. The van der Waals surface area contributed by atoms with Gasteiger partial charge in [-0.3, -0.25) is 4.79 Å². The van der Waals surface area contributed by atoms with Crippen LogP contribution < -0.4 is 5.32 Å². The van der Waals surface area contributed by atoms with Gasteiger partial charge in [-0.05, 0) is 12.1 Å². The molecule has 88 valence electrons. The van der Waals surface area contributed by atoms with Crippen LogP contribution in [0.2, 0.25) is 0 Å². The third-order valence-corrected chi connectivity index (χ3v) is 2.03. The van der Waals surface area contributed by atoms with Crippen LogP contribution >= 0.6 is 0 Å². The van der Waals surface area contributed by atoms with Crippen molar-refractivity contribution in [2.75, 3.05) is 5.32 Å². The highest BCUT2D eigenvalue weighted by Crippen LogP contribution is 2.19. The summed E-state index contributed by atoms with van der Waals surface area (Å²) in [6, 6.07) is 6.48. The molecule has 5 nitrogen and oxygen atoms in total. The van der Waals surface area contributed by atoms with Crippen molar-refractivity contribution in [2.24, 2.45) is 0 Å². The van der Waals surface area contributed by atoms with Gasteiger partial charge in [0.2, 0.25) is 0 Å². The van der Waals surface area contributed by atoms with Gasteiger partial charge in [0.15, 0.2) is 0 Å². The lowest BCUT2D eigenvalue weighted by molar-refractivity contribution is -0.126. The Hall–Kier alpha value is -2.31. The lowest BCUT2D eigenvalue weighted by Gasteiger charge is -2.09. The number of benzene rings is 1. The van der Waals surface area contributed by atoms with Crippen LogP contribution in [0, 0.1) is 0 Å². The number of amides is 1. The minimum atomic E-state index is -3.06. The van der Waals surface area contributed by atoms with Crippen molar-refractivity contribution in [1.29, 1.82) is 0 Å². The molecule has 17 heavy (non-hydrogen) atoms. The molecule has 1 heterocycles. The van der Waals surface area contributed by atoms with Crippen molar-refractivity contribution < 1.29 is 13.6 Å². The summed E-state index contributed by atoms with van der Waals surface area (Å²) in [7, 11) is 0. The van der Waals surface area contributed by atoms with Crippen molar-refractivity contribution in [3.63, 3.8) is 0 Å². The van der Waals surface area contributed by atoms with Gasteiger partial charge >= 0.3 is 6.43 Å². The quantitative estimate of drug-likeness (QED) is 0.880. The number of para-hydroxylation sites is 2. The molecule has 1 aromatic carbocycles. The molecule has 0 unspecified atom stereocenters. The topological polar surface area (TPSA) is 59.8 Å². The molecule has 1 aromatic heterocycles. The molecule has 0 atom stereocenters. The van der Waals surface area contributed by atoms with E-state index in [1.165, 1.54) is 23.4 Å². The molecule has 1 N–H and O–H groups in total. The van der Waals surface area contributed by atoms with Crippen LogP contribution in [0.4, 0.5) is 14.5 Å². The van der Waals surface area contributed by atoms with Gasteiger partial charge in [0.05, 0.1) is 11.4 Å². The van der Waals surface area contributed by atoms with E-state index < -0.39 is 12.3 Å². The van der Waals surface area contributed by atoms with E-state index in [4.69, 9.17) is 0 Å². The first-order valence-electron chi connectivity index (χ1n) is 4.71. The van der Waals surface area contributed by atoms with Crippen LogP contribution in [0.1, 0.15) is 0 Å². The molecule has 2 aromatic rings. The molecule has 0 aliphatic carbocycles. The Morgan fingerprint density at radius 3 is 2.76 bits per heavy atom. The Kier molecular flexibility index (Phi) is 3.08. The summed E-state index contributed by atoms with van der Waals surface area (Å²) in [5.41, 5.74) is 0.724. The van der Waals surface area contributed by atoms with Crippen LogP contribution in [-0.2, 0) is 4.79 Å². The summed E-state index contributed by atoms with van der Waals surface area (Å²) in [6.07, 6.45) is -0.335. The lowest BCUT2D eigenvalue weighted by Crippen LogP contribution is -2.21. The van der Waals surface area contributed by atoms with Gasteiger partial charge in [-0.25, -0.2) is 9.67 Å². The zero-order chi connectivity index (χ0) is 12.3. The number of anilines is 1. The van der Waals surface area contributed by atoms with Crippen molar-refractivity contribution >= 4 is 11.6 Å². The predicted octanol–water partition coefficient (Wildman–Crippen LogP) is 1.47. The Balaban J connectivity index is 2.32. The van der Waals surface area contributed by atoms with Gasteiger partial charge in [-0.2, -0.15) is 13.9 Å². The van der Waals surface area contributed by atoms with Crippen LogP contribution in [0.15, 0.2) is 36.9 Å². The second kappa shape index (κ2) is 4.69. The van der Waals surface area contributed by atoms with Crippen molar-refractivity contribution in [2.45, 2.75) is 6.43 Å². The van der Waals surface area contributed by atoms with Crippen LogP contribution in [0.25, 0.3) is 5.69 Å². The van der Waals surface area contributed by atoms with Gasteiger partial charge in [0.1, 0.15) is 12.7 Å². The number of nitrogens with zero attached hydrogens (tertiary/aromatic N) is 3. The lowest BCUT2D eigenvalue weighted by atomic mass is 10.2. The number of rotatable bonds is 3. The monoisotopic (exact) mass is 238 g/mol. The normalized spacial score (nSPS) is 10.5. The van der Waals surface area contributed by atoms with E-state index in [1.807, 2.05) is 0 Å². The largest absolute Gasteiger partial charge is 0.319 e. The van der Waals surface area contributed by atoms with Crippen LogP contribution in [0.5, 0.6) is 0 Å². The number of carbonyl (C=O) groups excluding carboxylic acids is 1. The SMILES string of the molecule is O=C(Nc1ccccc1-n1cncn1)C(F)F. The van der Waals surface area contributed by atoms with Crippen molar-refractivity contribution in [3.05, 3.63) is 36.9 Å². The number of halogens is 2. The predicted molar refractivity (Wildman–Crippen MR) is 56.0 cm³/mol. The fraction of sp³-hybridized carbons (Fsp3) is 0.100. The summed E-state index contributed by atoms with van der Waals surface area (Å²) >= 11 is 0. The summed E-state index contributed by atoms with van der Waals surface area (Å²) < 4.78 is 25.7. The molecule has 0 aliphatic heterocycles. The van der Waals surface area contributed by atoms with Crippen molar-refractivity contribution in [1.82, 2.24) is 14.8 Å². The second-order valence-corrected chi connectivity index (χ2v) is 3.15. The van der Waals surface area contributed by atoms with E-state index in [9.17, 15) is 13.6 Å². The highest BCUT2D eigenvalue weighted by molar-refractivity contribution is 5.94. The van der Waals surface area contributed by atoms with E-state index >= 15 is 0 Å².